The van der Waals surface area contributed by atoms with Crippen molar-refractivity contribution in [2.24, 2.45) is 11.7 Å². The van der Waals surface area contributed by atoms with Gasteiger partial charge in [0.1, 0.15) is 0 Å². The first-order valence-electron chi connectivity index (χ1n) is 9.75. The molecule has 4 aliphatic rings. The van der Waals surface area contributed by atoms with Crippen molar-refractivity contribution in [2.45, 2.75) is 37.2 Å². The molecule has 2 aromatic rings. The molecule has 2 aromatic heterocycles. The Morgan fingerprint density at radius 1 is 1.41 bits per heavy atom. The minimum atomic E-state index is -1.65. The van der Waals surface area contributed by atoms with E-state index in [0.29, 0.717) is 35.5 Å². The van der Waals surface area contributed by atoms with Gasteiger partial charge in [0.15, 0.2) is 11.5 Å². The van der Waals surface area contributed by atoms with Gasteiger partial charge >= 0.3 is 0 Å². The predicted molar refractivity (Wildman–Crippen MR) is 103 cm³/mol. The van der Waals surface area contributed by atoms with E-state index in [1.54, 1.807) is 30.1 Å². The van der Waals surface area contributed by atoms with E-state index in [2.05, 4.69) is 21.9 Å². The molecule has 6 rings (SSSR count). The standard InChI is InChI=1S/C21H21N5O3/c1-25-7-5-21(29,20(25)28)4-2-12-3-6-23-16(11-12)26-18-14-8-13(9-14)10-15(18)17(24-26)19(22)27/h3,6,11,13-14,29H,5,7-10H2,1H3,(H2,22,27)/t13?,14?,21-/m0/s1. The molecular formula is C21H21N5O3. The molecule has 2 bridgehead atoms. The number of carbonyl (C=O) groups excluding carboxylic acids is 2. The van der Waals surface area contributed by atoms with Gasteiger partial charge in [-0.25, -0.2) is 9.67 Å². The van der Waals surface area contributed by atoms with Crippen molar-refractivity contribution in [2.75, 3.05) is 13.6 Å². The minimum Gasteiger partial charge on any atom is -0.369 e. The Hall–Kier alpha value is -3.18. The number of nitrogens with zero attached hydrogens (tertiary/aromatic N) is 4. The Balaban J connectivity index is 1.53. The highest BCUT2D eigenvalue weighted by atomic mass is 16.3. The molecule has 3 heterocycles. The maximum atomic E-state index is 12.1. The number of aliphatic hydroxyl groups is 1. The molecule has 0 aromatic carbocycles. The number of carbonyl (C=O) groups is 2. The van der Waals surface area contributed by atoms with Crippen molar-refractivity contribution >= 4 is 11.8 Å². The quantitative estimate of drug-likeness (QED) is 0.718. The van der Waals surface area contributed by atoms with E-state index in [4.69, 9.17) is 5.73 Å². The fraction of sp³-hybridized carbons (Fsp3) is 0.429. The Morgan fingerprint density at radius 3 is 2.90 bits per heavy atom. The van der Waals surface area contributed by atoms with Gasteiger partial charge in [-0.1, -0.05) is 11.8 Å². The molecule has 1 aliphatic heterocycles. The first-order valence-corrected chi connectivity index (χ1v) is 9.75. The molecule has 3 N–H and O–H groups in total. The lowest BCUT2D eigenvalue weighted by molar-refractivity contribution is -0.137. The molecule has 148 valence electrons. The number of aromatic nitrogens is 3. The Bertz CT molecular complexity index is 1110. The lowest BCUT2D eigenvalue weighted by atomic mass is 9.64. The first-order chi connectivity index (χ1) is 13.9. The summed E-state index contributed by atoms with van der Waals surface area (Å²) in [6, 6.07) is 3.47. The highest BCUT2D eigenvalue weighted by molar-refractivity contribution is 5.93. The van der Waals surface area contributed by atoms with Crippen LogP contribution in [0.2, 0.25) is 0 Å². The van der Waals surface area contributed by atoms with Crippen molar-refractivity contribution < 1.29 is 14.7 Å². The normalized spacial score (nSPS) is 27.1. The fourth-order valence-electron chi connectivity index (χ4n) is 4.63. The first kappa shape index (κ1) is 17.9. The van der Waals surface area contributed by atoms with E-state index in [-0.39, 0.29) is 12.3 Å². The third kappa shape index (κ3) is 2.73. The third-order valence-electron chi connectivity index (χ3n) is 6.26. The molecule has 1 saturated heterocycles. The Labute approximate surface area is 167 Å². The smallest absolute Gasteiger partial charge is 0.269 e. The van der Waals surface area contributed by atoms with Gasteiger partial charge in [-0.3, -0.25) is 9.59 Å². The molecule has 29 heavy (non-hydrogen) atoms. The zero-order valence-electron chi connectivity index (χ0n) is 16.1. The minimum absolute atomic E-state index is 0.282. The van der Waals surface area contributed by atoms with Gasteiger partial charge in [0, 0.05) is 43.3 Å². The maximum Gasteiger partial charge on any atom is 0.269 e. The van der Waals surface area contributed by atoms with Crippen LogP contribution in [0.15, 0.2) is 18.3 Å². The molecule has 8 nitrogen and oxygen atoms in total. The zero-order chi connectivity index (χ0) is 20.3. The number of hydrogen-bond donors (Lipinski definition) is 2. The summed E-state index contributed by atoms with van der Waals surface area (Å²) in [5, 5.41) is 15.0. The molecule has 0 radical (unpaired) electrons. The van der Waals surface area contributed by atoms with Crippen LogP contribution in [0.5, 0.6) is 0 Å². The summed E-state index contributed by atoms with van der Waals surface area (Å²) in [5.41, 5.74) is 6.80. The molecule has 3 aliphatic carbocycles. The van der Waals surface area contributed by atoms with E-state index in [1.807, 2.05) is 0 Å². The summed E-state index contributed by atoms with van der Waals surface area (Å²) in [5.74, 6) is 6.23. The van der Waals surface area contributed by atoms with Crippen molar-refractivity contribution in [3.8, 4) is 17.7 Å². The van der Waals surface area contributed by atoms with Crippen LogP contribution in [-0.4, -0.2) is 55.8 Å². The van der Waals surface area contributed by atoms with Gasteiger partial charge in [0.25, 0.3) is 11.8 Å². The monoisotopic (exact) mass is 391 g/mol. The molecule has 8 heteroatoms. The van der Waals surface area contributed by atoms with Gasteiger partial charge in [0.05, 0.1) is 5.69 Å². The van der Waals surface area contributed by atoms with E-state index in [0.717, 1.165) is 30.5 Å². The maximum absolute atomic E-state index is 12.1. The average Bonchev–Trinajstić information content (AvgIpc) is 3.20. The summed E-state index contributed by atoms with van der Waals surface area (Å²) >= 11 is 0. The number of primary amides is 1. The molecular weight excluding hydrogens is 370 g/mol. The van der Waals surface area contributed by atoms with Crippen molar-refractivity contribution in [3.63, 3.8) is 0 Å². The van der Waals surface area contributed by atoms with Crippen LogP contribution >= 0.6 is 0 Å². The number of nitrogens with two attached hydrogens (primary N) is 1. The van der Waals surface area contributed by atoms with Crippen LogP contribution in [0, 0.1) is 17.8 Å². The van der Waals surface area contributed by atoms with Crippen molar-refractivity contribution in [1.29, 1.82) is 0 Å². The number of likely N-dealkylation sites (N-methyl/N-ethyl adjacent to an activating group) is 1. The fourth-order valence-corrected chi connectivity index (χ4v) is 4.63. The van der Waals surface area contributed by atoms with Crippen LogP contribution in [-0.2, 0) is 11.2 Å². The second-order valence-corrected chi connectivity index (χ2v) is 8.22. The van der Waals surface area contributed by atoms with Crippen molar-refractivity contribution in [3.05, 3.63) is 40.8 Å². The van der Waals surface area contributed by atoms with E-state index in [9.17, 15) is 14.7 Å². The van der Waals surface area contributed by atoms with Gasteiger partial charge in [-0.05, 0) is 37.3 Å². The summed E-state index contributed by atoms with van der Waals surface area (Å²) < 4.78 is 1.71. The summed E-state index contributed by atoms with van der Waals surface area (Å²) in [6.45, 7) is 0.476. The molecule has 2 fully saturated rings. The lowest BCUT2D eigenvalue weighted by Gasteiger charge is -2.41. The topological polar surface area (TPSA) is 114 Å². The van der Waals surface area contributed by atoms with Gasteiger partial charge in [-0.15, -0.1) is 0 Å². The van der Waals surface area contributed by atoms with Crippen LogP contribution in [0.25, 0.3) is 5.82 Å². The average molecular weight is 391 g/mol. The molecule has 1 atom stereocenters. The van der Waals surface area contributed by atoms with Crippen LogP contribution in [0.1, 0.15) is 52.5 Å². The number of hydrogen-bond acceptors (Lipinski definition) is 5. The predicted octanol–water partition coefficient (Wildman–Crippen LogP) is 0.361. The lowest BCUT2D eigenvalue weighted by Crippen LogP contribution is -2.37. The third-order valence-corrected chi connectivity index (χ3v) is 6.26. The van der Waals surface area contributed by atoms with Gasteiger partial charge in [0.2, 0.25) is 5.60 Å². The van der Waals surface area contributed by atoms with E-state index < -0.39 is 11.5 Å². The second-order valence-electron chi connectivity index (χ2n) is 8.22. The Kier molecular flexibility index (Phi) is 3.80. The number of pyridine rings is 1. The van der Waals surface area contributed by atoms with E-state index in [1.165, 1.54) is 4.90 Å². The van der Waals surface area contributed by atoms with E-state index >= 15 is 0 Å². The number of rotatable bonds is 2. The highest BCUT2D eigenvalue weighted by Crippen LogP contribution is 2.50. The second kappa shape index (κ2) is 6.16. The van der Waals surface area contributed by atoms with Gasteiger partial charge in [-0.2, -0.15) is 5.10 Å². The Morgan fingerprint density at radius 2 is 2.21 bits per heavy atom. The molecule has 2 amide bonds. The molecule has 1 saturated carbocycles. The summed E-state index contributed by atoms with van der Waals surface area (Å²) in [4.78, 5) is 29.9. The molecule has 0 unspecified atom stereocenters. The number of amides is 2. The zero-order valence-corrected chi connectivity index (χ0v) is 16.1. The summed E-state index contributed by atoms with van der Waals surface area (Å²) in [6.07, 6.45) is 4.91. The SMILES string of the molecule is CN1CC[C@@](O)(C#Cc2ccnc(-n3nc(C(N)=O)c4c3C3CC(C4)C3)c2)C1=O. The highest BCUT2D eigenvalue weighted by Gasteiger charge is 2.43. The van der Waals surface area contributed by atoms with Crippen LogP contribution < -0.4 is 5.73 Å². The summed E-state index contributed by atoms with van der Waals surface area (Å²) in [7, 11) is 1.65. The largest absolute Gasteiger partial charge is 0.369 e. The molecule has 0 spiro atoms. The van der Waals surface area contributed by atoms with Gasteiger partial charge < -0.3 is 15.7 Å². The van der Waals surface area contributed by atoms with Crippen LogP contribution in [0.3, 0.4) is 0 Å². The van der Waals surface area contributed by atoms with Crippen molar-refractivity contribution in [1.82, 2.24) is 19.7 Å². The van der Waals surface area contributed by atoms with Crippen LogP contribution in [0.4, 0.5) is 0 Å². The number of likely N-dealkylation sites (tertiary alicyclic amines) is 1.